The molecule has 1 rings (SSSR count). The summed E-state index contributed by atoms with van der Waals surface area (Å²) in [5.41, 5.74) is 7.03. The molecule has 1 aromatic rings. The first kappa shape index (κ1) is 17.0. The SMILES string of the molecule is CC(C)CCNC(=O)C(C)OC(=O)Cc1ccc(N)cc1. The van der Waals surface area contributed by atoms with E-state index in [0.717, 1.165) is 12.0 Å². The number of nitrogens with one attached hydrogen (secondary N) is 1. The van der Waals surface area contributed by atoms with Crippen LogP contribution in [0.4, 0.5) is 5.69 Å². The van der Waals surface area contributed by atoms with Gasteiger partial charge in [0.15, 0.2) is 6.10 Å². The van der Waals surface area contributed by atoms with E-state index in [-0.39, 0.29) is 12.3 Å². The second-order valence-corrected chi connectivity index (χ2v) is 5.52. The topological polar surface area (TPSA) is 81.4 Å². The van der Waals surface area contributed by atoms with Crippen LogP contribution in [0.3, 0.4) is 0 Å². The third-order valence-electron chi connectivity index (χ3n) is 3.03. The fraction of sp³-hybridized carbons (Fsp3) is 0.500. The molecule has 0 aliphatic heterocycles. The maximum absolute atomic E-state index is 11.8. The van der Waals surface area contributed by atoms with Gasteiger partial charge in [-0.05, 0) is 37.0 Å². The molecule has 0 spiro atoms. The Morgan fingerprint density at radius 2 is 1.81 bits per heavy atom. The van der Waals surface area contributed by atoms with Crippen LogP contribution >= 0.6 is 0 Å². The van der Waals surface area contributed by atoms with Gasteiger partial charge >= 0.3 is 5.97 Å². The molecule has 0 aromatic heterocycles. The first-order valence-electron chi connectivity index (χ1n) is 7.20. The van der Waals surface area contributed by atoms with Crippen LogP contribution < -0.4 is 11.1 Å². The number of nitrogens with two attached hydrogens (primary N) is 1. The fourth-order valence-corrected chi connectivity index (χ4v) is 1.72. The smallest absolute Gasteiger partial charge is 0.311 e. The van der Waals surface area contributed by atoms with Crippen molar-refractivity contribution in [3.8, 4) is 0 Å². The van der Waals surface area contributed by atoms with E-state index < -0.39 is 12.1 Å². The molecule has 116 valence electrons. The van der Waals surface area contributed by atoms with Gasteiger partial charge in [-0.15, -0.1) is 0 Å². The van der Waals surface area contributed by atoms with Gasteiger partial charge in [0.2, 0.25) is 0 Å². The van der Waals surface area contributed by atoms with E-state index in [1.54, 1.807) is 31.2 Å². The van der Waals surface area contributed by atoms with Crippen molar-refractivity contribution in [1.29, 1.82) is 0 Å². The van der Waals surface area contributed by atoms with Crippen LogP contribution in [0.2, 0.25) is 0 Å². The third-order valence-corrected chi connectivity index (χ3v) is 3.03. The van der Waals surface area contributed by atoms with E-state index in [0.29, 0.717) is 18.2 Å². The Balaban J connectivity index is 2.35. The normalized spacial score (nSPS) is 12.0. The van der Waals surface area contributed by atoms with Crippen LogP contribution in [0.25, 0.3) is 0 Å². The summed E-state index contributed by atoms with van der Waals surface area (Å²) in [4.78, 5) is 23.5. The zero-order valence-electron chi connectivity index (χ0n) is 12.9. The van der Waals surface area contributed by atoms with Crippen molar-refractivity contribution < 1.29 is 14.3 Å². The molecule has 0 radical (unpaired) electrons. The number of ether oxygens (including phenoxy) is 1. The Hall–Kier alpha value is -2.04. The van der Waals surface area contributed by atoms with E-state index in [2.05, 4.69) is 19.2 Å². The average Bonchev–Trinajstić information content (AvgIpc) is 2.40. The van der Waals surface area contributed by atoms with Gasteiger partial charge in [-0.2, -0.15) is 0 Å². The van der Waals surface area contributed by atoms with Crippen molar-refractivity contribution in [1.82, 2.24) is 5.32 Å². The van der Waals surface area contributed by atoms with Gasteiger partial charge in [0.25, 0.3) is 5.91 Å². The molecule has 0 saturated heterocycles. The van der Waals surface area contributed by atoms with Crippen molar-refractivity contribution in [2.75, 3.05) is 12.3 Å². The molecule has 5 heteroatoms. The molecule has 1 aromatic carbocycles. The summed E-state index contributed by atoms with van der Waals surface area (Å²) in [6.07, 6.45) is 0.250. The van der Waals surface area contributed by atoms with Crippen molar-refractivity contribution in [2.45, 2.75) is 39.7 Å². The van der Waals surface area contributed by atoms with E-state index >= 15 is 0 Å². The zero-order chi connectivity index (χ0) is 15.8. The van der Waals surface area contributed by atoms with Gasteiger partial charge in [-0.1, -0.05) is 26.0 Å². The van der Waals surface area contributed by atoms with Crippen molar-refractivity contribution >= 4 is 17.6 Å². The highest BCUT2D eigenvalue weighted by Crippen LogP contribution is 2.07. The average molecular weight is 292 g/mol. The fourth-order valence-electron chi connectivity index (χ4n) is 1.72. The molecule has 0 fully saturated rings. The standard InChI is InChI=1S/C16H24N2O3/c1-11(2)8-9-18-16(20)12(3)21-15(19)10-13-4-6-14(17)7-5-13/h4-7,11-12H,8-10,17H2,1-3H3,(H,18,20). The van der Waals surface area contributed by atoms with Crippen LogP contribution in [0.15, 0.2) is 24.3 Å². The van der Waals surface area contributed by atoms with Crippen LogP contribution in [0.1, 0.15) is 32.8 Å². The molecule has 0 bridgehead atoms. The van der Waals surface area contributed by atoms with E-state index in [1.807, 2.05) is 0 Å². The second kappa shape index (κ2) is 8.29. The Bertz CT molecular complexity index is 469. The number of esters is 1. The molecular formula is C16H24N2O3. The summed E-state index contributed by atoms with van der Waals surface area (Å²) in [5, 5.41) is 2.76. The predicted octanol–water partition coefficient (Wildman–Crippen LogP) is 1.91. The number of carbonyl (C=O) groups is 2. The summed E-state index contributed by atoms with van der Waals surface area (Å²) in [7, 11) is 0. The molecule has 0 aliphatic rings. The summed E-state index contributed by atoms with van der Waals surface area (Å²) < 4.78 is 5.12. The number of benzene rings is 1. The molecule has 21 heavy (non-hydrogen) atoms. The molecule has 0 heterocycles. The Kier molecular flexibility index (Phi) is 6.72. The lowest BCUT2D eigenvalue weighted by molar-refractivity contribution is -0.154. The highest BCUT2D eigenvalue weighted by Gasteiger charge is 2.17. The van der Waals surface area contributed by atoms with Crippen LogP contribution in [0, 0.1) is 5.92 Å². The van der Waals surface area contributed by atoms with Gasteiger partial charge in [-0.3, -0.25) is 9.59 Å². The maximum Gasteiger partial charge on any atom is 0.311 e. The maximum atomic E-state index is 11.8. The van der Waals surface area contributed by atoms with E-state index in [1.165, 1.54) is 0 Å². The Morgan fingerprint density at radius 3 is 2.38 bits per heavy atom. The highest BCUT2D eigenvalue weighted by molar-refractivity contribution is 5.83. The molecule has 1 amide bonds. The number of hydrogen-bond donors (Lipinski definition) is 2. The van der Waals surface area contributed by atoms with Gasteiger partial charge < -0.3 is 15.8 Å². The number of rotatable bonds is 7. The number of hydrogen-bond acceptors (Lipinski definition) is 4. The first-order chi connectivity index (χ1) is 9.88. The largest absolute Gasteiger partial charge is 0.452 e. The quantitative estimate of drug-likeness (QED) is 0.594. The van der Waals surface area contributed by atoms with Crippen molar-refractivity contribution in [2.24, 2.45) is 5.92 Å². The first-order valence-corrected chi connectivity index (χ1v) is 7.20. The summed E-state index contributed by atoms with van der Waals surface area (Å²) in [6.45, 7) is 6.34. The monoisotopic (exact) mass is 292 g/mol. The molecule has 3 N–H and O–H groups in total. The minimum absolute atomic E-state index is 0.129. The molecule has 0 saturated carbocycles. The molecule has 1 atom stereocenters. The number of anilines is 1. The Morgan fingerprint density at radius 1 is 1.19 bits per heavy atom. The van der Waals surface area contributed by atoms with Crippen LogP contribution in [-0.2, 0) is 20.7 Å². The predicted molar refractivity (Wildman–Crippen MR) is 82.6 cm³/mol. The molecular weight excluding hydrogens is 268 g/mol. The summed E-state index contributed by atoms with van der Waals surface area (Å²) >= 11 is 0. The lowest BCUT2D eigenvalue weighted by Crippen LogP contribution is -2.36. The van der Waals surface area contributed by atoms with Crippen LogP contribution in [-0.4, -0.2) is 24.5 Å². The summed E-state index contributed by atoms with van der Waals surface area (Å²) in [6, 6.07) is 6.99. The molecule has 0 aliphatic carbocycles. The molecule has 1 unspecified atom stereocenters. The number of nitrogen functional groups attached to an aromatic ring is 1. The van der Waals surface area contributed by atoms with E-state index in [4.69, 9.17) is 10.5 Å². The number of amides is 1. The summed E-state index contributed by atoms with van der Waals surface area (Å²) in [5.74, 6) is -0.165. The van der Waals surface area contributed by atoms with Crippen molar-refractivity contribution in [3.63, 3.8) is 0 Å². The minimum atomic E-state index is -0.779. The zero-order valence-corrected chi connectivity index (χ0v) is 12.9. The van der Waals surface area contributed by atoms with Gasteiger partial charge in [0.05, 0.1) is 6.42 Å². The van der Waals surface area contributed by atoms with E-state index in [9.17, 15) is 9.59 Å². The minimum Gasteiger partial charge on any atom is -0.452 e. The van der Waals surface area contributed by atoms with Crippen LogP contribution in [0.5, 0.6) is 0 Å². The highest BCUT2D eigenvalue weighted by atomic mass is 16.5. The molecule has 5 nitrogen and oxygen atoms in total. The van der Waals surface area contributed by atoms with Gasteiger partial charge in [0.1, 0.15) is 0 Å². The number of carbonyl (C=O) groups excluding carboxylic acids is 2. The lowest BCUT2D eigenvalue weighted by Gasteiger charge is -2.14. The third kappa shape index (κ3) is 6.79. The van der Waals surface area contributed by atoms with Gasteiger partial charge in [0, 0.05) is 12.2 Å². The Labute approximate surface area is 125 Å². The lowest BCUT2D eigenvalue weighted by atomic mass is 10.1. The van der Waals surface area contributed by atoms with Crippen molar-refractivity contribution in [3.05, 3.63) is 29.8 Å². The second-order valence-electron chi connectivity index (χ2n) is 5.52. The van der Waals surface area contributed by atoms with Gasteiger partial charge in [-0.25, -0.2) is 0 Å².